The molecular weight excluding hydrogens is 210 g/mol. The molecule has 1 aromatic carbocycles. The van der Waals surface area contributed by atoms with Crippen molar-refractivity contribution in [2.24, 2.45) is 0 Å². The molecule has 0 amide bonds. The highest BCUT2D eigenvalue weighted by Gasteiger charge is 2.42. The second-order valence-electron chi connectivity index (χ2n) is 5.44. The van der Waals surface area contributed by atoms with E-state index in [1.54, 1.807) is 0 Å². The second kappa shape index (κ2) is 4.43. The summed E-state index contributed by atoms with van der Waals surface area (Å²) in [7, 11) is 2.02. The summed E-state index contributed by atoms with van der Waals surface area (Å²) >= 11 is 0. The van der Waals surface area contributed by atoms with Crippen LogP contribution in [0, 0.1) is 27.7 Å². The predicted molar refractivity (Wildman–Crippen MR) is 71.8 cm³/mol. The van der Waals surface area contributed by atoms with Gasteiger partial charge in [-0.15, -0.1) is 0 Å². The van der Waals surface area contributed by atoms with Crippen LogP contribution in [0.2, 0.25) is 0 Å². The van der Waals surface area contributed by atoms with E-state index in [1.165, 1.54) is 27.8 Å². The molecule has 1 heterocycles. The van der Waals surface area contributed by atoms with Gasteiger partial charge in [0.2, 0.25) is 0 Å². The number of aryl methyl sites for hydroxylation is 2. The van der Waals surface area contributed by atoms with Crippen LogP contribution in [0.5, 0.6) is 0 Å². The molecule has 2 nitrogen and oxygen atoms in total. The molecule has 0 saturated carbocycles. The van der Waals surface area contributed by atoms with Crippen molar-refractivity contribution in [1.82, 2.24) is 5.32 Å². The van der Waals surface area contributed by atoms with Crippen molar-refractivity contribution in [1.29, 1.82) is 0 Å². The highest BCUT2D eigenvalue weighted by atomic mass is 16.5. The van der Waals surface area contributed by atoms with Gasteiger partial charge in [-0.05, 0) is 62.6 Å². The molecule has 0 aliphatic carbocycles. The molecule has 1 aliphatic heterocycles. The lowest BCUT2D eigenvalue weighted by Crippen LogP contribution is -2.53. The Bertz CT molecular complexity index is 407. The lowest BCUT2D eigenvalue weighted by Gasteiger charge is -2.44. The Balaban J connectivity index is 2.57. The van der Waals surface area contributed by atoms with E-state index < -0.39 is 0 Å². The van der Waals surface area contributed by atoms with Crippen LogP contribution in [-0.4, -0.2) is 26.8 Å². The number of hydrogen-bond donors (Lipinski definition) is 1. The van der Waals surface area contributed by atoms with Crippen molar-refractivity contribution in [2.45, 2.75) is 33.1 Å². The van der Waals surface area contributed by atoms with E-state index in [0.29, 0.717) is 0 Å². The van der Waals surface area contributed by atoms with Crippen LogP contribution >= 0.6 is 0 Å². The van der Waals surface area contributed by atoms with Crippen molar-refractivity contribution in [3.63, 3.8) is 0 Å². The first-order valence-electron chi connectivity index (χ1n) is 6.32. The Morgan fingerprint density at radius 1 is 1.12 bits per heavy atom. The van der Waals surface area contributed by atoms with E-state index in [9.17, 15) is 0 Å². The summed E-state index contributed by atoms with van der Waals surface area (Å²) in [5.74, 6) is 0. The van der Waals surface area contributed by atoms with Gasteiger partial charge in [0.1, 0.15) is 0 Å². The fourth-order valence-corrected chi connectivity index (χ4v) is 3.03. The third kappa shape index (κ3) is 1.90. The molecule has 1 saturated heterocycles. The highest BCUT2D eigenvalue weighted by Crippen LogP contribution is 2.38. The molecular formula is C15H23NO. The molecule has 1 fully saturated rings. The van der Waals surface area contributed by atoms with Crippen molar-refractivity contribution < 1.29 is 4.74 Å². The smallest absolute Gasteiger partial charge is 0.0598 e. The van der Waals surface area contributed by atoms with Crippen molar-refractivity contribution in [2.75, 3.05) is 26.8 Å². The van der Waals surface area contributed by atoms with Gasteiger partial charge in [-0.1, -0.05) is 6.07 Å². The SMILES string of the molecule is CNCC1(c2c(C)c(C)cc(C)c2C)COC1. The van der Waals surface area contributed by atoms with E-state index in [2.05, 4.69) is 39.1 Å². The van der Waals surface area contributed by atoms with Crippen molar-refractivity contribution in [3.8, 4) is 0 Å². The van der Waals surface area contributed by atoms with Gasteiger partial charge in [0, 0.05) is 6.54 Å². The Morgan fingerprint density at radius 2 is 1.65 bits per heavy atom. The molecule has 1 aromatic rings. The maximum absolute atomic E-state index is 5.49. The van der Waals surface area contributed by atoms with Crippen LogP contribution in [0.1, 0.15) is 27.8 Å². The molecule has 1 N–H and O–H groups in total. The summed E-state index contributed by atoms with van der Waals surface area (Å²) in [5, 5.41) is 3.32. The topological polar surface area (TPSA) is 21.3 Å². The summed E-state index contributed by atoms with van der Waals surface area (Å²) in [6, 6.07) is 2.29. The van der Waals surface area contributed by atoms with E-state index in [-0.39, 0.29) is 5.41 Å². The van der Waals surface area contributed by atoms with Crippen molar-refractivity contribution >= 4 is 0 Å². The summed E-state index contributed by atoms with van der Waals surface area (Å²) in [6.45, 7) is 11.6. The molecule has 0 atom stereocenters. The minimum atomic E-state index is 0.194. The lowest BCUT2D eigenvalue weighted by atomic mass is 9.72. The van der Waals surface area contributed by atoms with Crippen LogP contribution < -0.4 is 5.32 Å². The average molecular weight is 233 g/mol. The van der Waals surface area contributed by atoms with Crippen LogP contribution in [0.4, 0.5) is 0 Å². The van der Waals surface area contributed by atoms with Crippen molar-refractivity contribution in [3.05, 3.63) is 33.9 Å². The fraction of sp³-hybridized carbons (Fsp3) is 0.600. The molecule has 17 heavy (non-hydrogen) atoms. The Labute approximate surface area is 104 Å². The largest absolute Gasteiger partial charge is 0.379 e. The molecule has 1 aliphatic rings. The van der Waals surface area contributed by atoms with E-state index >= 15 is 0 Å². The molecule has 0 aromatic heterocycles. The average Bonchev–Trinajstić information content (AvgIpc) is 2.23. The summed E-state index contributed by atoms with van der Waals surface area (Å²) in [4.78, 5) is 0. The fourth-order valence-electron chi connectivity index (χ4n) is 3.03. The zero-order valence-electron chi connectivity index (χ0n) is 11.6. The third-order valence-corrected chi connectivity index (χ3v) is 4.17. The first kappa shape index (κ1) is 12.6. The summed E-state index contributed by atoms with van der Waals surface area (Å²) < 4.78 is 5.49. The maximum atomic E-state index is 5.49. The lowest BCUT2D eigenvalue weighted by molar-refractivity contribution is -0.0588. The van der Waals surface area contributed by atoms with Gasteiger partial charge in [0.25, 0.3) is 0 Å². The number of likely N-dealkylation sites (N-methyl/N-ethyl adjacent to an activating group) is 1. The zero-order valence-corrected chi connectivity index (χ0v) is 11.6. The molecule has 94 valence electrons. The standard InChI is InChI=1S/C15H23NO/c1-10-6-11(2)13(4)14(12(10)3)15(7-16-5)8-17-9-15/h6,16H,7-9H2,1-5H3. The molecule has 0 bridgehead atoms. The van der Waals surface area contributed by atoms with Crippen LogP contribution in [0.25, 0.3) is 0 Å². The first-order chi connectivity index (χ1) is 8.02. The van der Waals surface area contributed by atoms with Gasteiger partial charge in [-0.25, -0.2) is 0 Å². The van der Waals surface area contributed by atoms with Crippen LogP contribution in [0.15, 0.2) is 6.07 Å². The minimum absolute atomic E-state index is 0.194. The predicted octanol–water partition coefficient (Wildman–Crippen LogP) is 2.41. The number of rotatable bonds is 3. The quantitative estimate of drug-likeness (QED) is 0.865. The van der Waals surface area contributed by atoms with E-state index in [1.807, 2.05) is 7.05 Å². The summed E-state index contributed by atoms with van der Waals surface area (Å²) in [6.07, 6.45) is 0. The Kier molecular flexibility index (Phi) is 3.28. The number of nitrogens with one attached hydrogen (secondary N) is 1. The zero-order chi connectivity index (χ0) is 12.6. The van der Waals surface area contributed by atoms with Crippen LogP contribution in [0.3, 0.4) is 0 Å². The molecule has 0 unspecified atom stereocenters. The summed E-state index contributed by atoms with van der Waals surface area (Å²) in [5.41, 5.74) is 7.37. The van der Waals surface area contributed by atoms with Gasteiger partial charge in [-0.2, -0.15) is 0 Å². The number of ether oxygens (including phenoxy) is 1. The molecule has 2 heteroatoms. The van der Waals surface area contributed by atoms with Crippen LogP contribution in [-0.2, 0) is 10.2 Å². The van der Waals surface area contributed by atoms with Gasteiger partial charge in [0.05, 0.1) is 18.6 Å². The van der Waals surface area contributed by atoms with Gasteiger partial charge < -0.3 is 10.1 Å². The van der Waals surface area contributed by atoms with E-state index in [0.717, 1.165) is 19.8 Å². The molecule has 0 spiro atoms. The normalized spacial score (nSPS) is 17.9. The number of benzene rings is 1. The molecule has 0 radical (unpaired) electrons. The Morgan fingerprint density at radius 3 is 2.00 bits per heavy atom. The van der Waals surface area contributed by atoms with Gasteiger partial charge in [0.15, 0.2) is 0 Å². The van der Waals surface area contributed by atoms with Gasteiger partial charge >= 0.3 is 0 Å². The van der Waals surface area contributed by atoms with Gasteiger partial charge in [-0.3, -0.25) is 0 Å². The Hall–Kier alpha value is -0.860. The third-order valence-electron chi connectivity index (χ3n) is 4.17. The maximum Gasteiger partial charge on any atom is 0.0598 e. The first-order valence-corrected chi connectivity index (χ1v) is 6.32. The molecule has 2 rings (SSSR count). The number of hydrogen-bond acceptors (Lipinski definition) is 2. The minimum Gasteiger partial charge on any atom is -0.379 e. The highest BCUT2D eigenvalue weighted by molar-refractivity contribution is 5.49. The second-order valence-corrected chi connectivity index (χ2v) is 5.44. The van der Waals surface area contributed by atoms with E-state index in [4.69, 9.17) is 4.74 Å². The monoisotopic (exact) mass is 233 g/mol.